The summed E-state index contributed by atoms with van der Waals surface area (Å²) >= 11 is 0. The summed E-state index contributed by atoms with van der Waals surface area (Å²) in [5, 5.41) is 0. The van der Waals surface area contributed by atoms with Crippen LogP contribution in [0.5, 0.6) is 0 Å². The molecule has 1 aromatic heterocycles. The molecule has 0 saturated heterocycles. The highest BCUT2D eigenvalue weighted by Gasteiger charge is 2.09. The van der Waals surface area contributed by atoms with Crippen LogP contribution in [0.25, 0.3) is 0 Å². The summed E-state index contributed by atoms with van der Waals surface area (Å²) < 4.78 is 13.6. The van der Waals surface area contributed by atoms with Gasteiger partial charge in [-0.25, -0.2) is 14.6 Å². The molecule has 7 heteroatoms. The van der Waals surface area contributed by atoms with Gasteiger partial charge in [-0.2, -0.15) is 0 Å². The molecule has 0 unspecified atom stereocenters. The van der Waals surface area contributed by atoms with Gasteiger partial charge in [0.05, 0.1) is 12.2 Å². The quantitative estimate of drug-likeness (QED) is 0.617. The smallest absolute Gasteiger partial charge is 0.435 e. The van der Waals surface area contributed by atoms with E-state index in [0.717, 1.165) is 0 Å². The highest BCUT2D eigenvalue weighted by atomic mass is 16.8. The Bertz CT molecular complexity index is 390. The third-order valence-electron chi connectivity index (χ3n) is 1.65. The fraction of sp³-hybridized carbons (Fsp3) is 0.300. The zero-order valence-electron chi connectivity index (χ0n) is 9.21. The zero-order chi connectivity index (χ0) is 12.7. The molecule has 0 aliphatic rings. The average Bonchev–Trinajstić information content (AvgIpc) is 2.30. The molecule has 0 amide bonds. The van der Waals surface area contributed by atoms with E-state index in [1.54, 1.807) is 6.92 Å². The molecule has 0 atom stereocenters. The third-order valence-corrected chi connectivity index (χ3v) is 1.65. The molecule has 0 bridgehead atoms. The molecule has 0 fully saturated rings. The molecule has 1 aromatic rings. The van der Waals surface area contributed by atoms with Crippen LogP contribution in [0.15, 0.2) is 18.3 Å². The van der Waals surface area contributed by atoms with Crippen molar-refractivity contribution in [3.05, 3.63) is 23.9 Å². The Morgan fingerprint density at radius 1 is 1.29 bits per heavy atom. The predicted molar refractivity (Wildman–Crippen MR) is 57.0 cm³/mol. The van der Waals surface area contributed by atoms with Crippen LogP contribution in [0.3, 0.4) is 0 Å². The van der Waals surface area contributed by atoms with E-state index >= 15 is 0 Å². The van der Waals surface area contributed by atoms with Crippen LogP contribution in [-0.4, -0.2) is 30.5 Å². The van der Waals surface area contributed by atoms with Crippen molar-refractivity contribution in [1.82, 2.24) is 4.98 Å². The number of nitrogen functional groups attached to an aromatic ring is 1. The molecule has 1 heterocycles. The Labute approximate surface area is 97.5 Å². The number of rotatable bonds is 4. The van der Waals surface area contributed by atoms with Crippen molar-refractivity contribution in [2.24, 2.45) is 0 Å². The highest BCUT2D eigenvalue weighted by Crippen LogP contribution is 2.03. The summed E-state index contributed by atoms with van der Waals surface area (Å²) in [5.41, 5.74) is 5.57. The SMILES string of the molecule is CCOC(=O)OCOC(=O)c1ccc(N)nc1. The summed E-state index contributed by atoms with van der Waals surface area (Å²) in [7, 11) is 0. The van der Waals surface area contributed by atoms with Crippen molar-refractivity contribution in [3.63, 3.8) is 0 Å². The van der Waals surface area contributed by atoms with Crippen LogP contribution in [0.4, 0.5) is 10.6 Å². The van der Waals surface area contributed by atoms with E-state index in [0.29, 0.717) is 5.82 Å². The van der Waals surface area contributed by atoms with Crippen molar-refractivity contribution < 1.29 is 23.8 Å². The molecule has 0 spiro atoms. The van der Waals surface area contributed by atoms with Gasteiger partial charge in [-0.15, -0.1) is 0 Å². The van der Waals surface area contributed by atoms with Gasteiger partial charge in [0.25, 0.3) is 0 Å². The number of pyridine rings is 1. The maximum atomic E-state index is 11.4. The highest BCUT2D eigenvalue weighted by molar-refractivity contribution is 5.89. The van der Waals surface area contributed by atoms with E-state index in [1.807, 2.05) is 0 Å². The van der Waals surface area contributed by atoms with Crippen LogP contribution >= 0.6 is 0 Å². The number of anilines is 1. The summed E-state index contributed by atoms with van der Waals surface area (Å²) in [5.74, 6) is -0.369. The van der Waals surface area contributed by atoms with E-state index in [1.165, 1.54) is 18.3 Å². The zero-order valence-corrected chi connectivity index (χ0v) is 9.21. The second-order valence-electron chi connectivity index (χ2n) is 2.85. The number of nitrogens with zero attached hydrogens (tertiary/aromatic N) is 1. The Morgan fingerprint density at radius 3 is 2.65 bits per heavy atom. The summed E-state index contributed by atoms with van der Waals surface area (Å²) in [6, 6.07) is 2.91. The fourth-order valence-electron chi connectivity index (χ4n) is 0.900. The largest absolute Gasteiger partial charge is 0.511 e. The number of ether oxygens (including phenoxy) is 3. The van der Waals surface area contributed by atoms with Gasteiger partial charge in [0.2, 0.25) is 6.79 Å². The van der Waals surface area contributed by atoms with Crippen LogP contribution < -0.4 is 5.73 Å². The van der Waals surface area contributed by atoms with E-state index in [4.69, 9.17) is 5.73 Å². The van der Waals surface area contributed by atoms with Crippen LogP contribution in [-0.2, 0) is 14.2 Å². The van der Waals surface area contributed by atoms with Gasteiger partial charge in [-0.3, -0.25) is 0 Å². The molecular weight excluding hydrogens is 228 g/mol. The monoisotopic (exact) mass is 240 g/mol. The average molecular weight is 240 g/mol. The van der Waals surface area contributed by atoms with Crippen molar-refractivity contribution in [3.8, 4) is 0 Å². The Balaban J connectivity index is 2.35. The molecule has 0 aliphatic carbocycles. The number of nitrogens with two attached hydrogens (primary N) is 1. The van der Waals surface area contributed by atoms with Crippen LogP contribution in [0, 0.1) is 0 Å². The van der Waals surface area contributed by atoms with Crippen molar-refractivity contribution in [2.45, 2.75) is 6.92 Å². The maximum absolute atomic E-state index is 11.4. The number of carbonyl (C=O) groups is 2. The number of hydrogen-bond acceptors (Lipinski definition) is 7. The third kappa shape index (κ3) is 4.37. The van der Waals surface area contributed by atoms with Gasteiger partial charge in [0.1, 0.15) is 5.82 Å². The topological polar surface area (TPSA) is 101 Å². The normalized spacial score (nSPS) is 9.47. The van der Waals surface area contributed by atoms with E-state index in [-0.39, 0.29) is 12.2 Å². The van der Waals surface area contributed by atoms with Crippen molar-refractivity contribution >= 4 is 17.9 Å². The second-order valence-corrected chi connectivity index (χ2v) is 2.85. The molecule has 0 radical (unpaired) electrons. The lowest BCUT2D eigenvalue weighted by molar-refractivity contribution is -0.0262. The van der Waals surface area contributed by atoms with Gasteiger partial charge in [0.15, 0.2) is 0 Å². The minimum absolute atomic E-state index is 0.189. The predicted octanol–water partition coefficient (Wildman–Crippen LogP) is 0.951. The minimum atomic E-state index is -0.893. The molecule has 17 heavy (non-hydrogen) atoms. The van der Waals surface area contributed by atoms with E-state index in [9.17, 15) is 9.59 Å². The summed E-state index contributed by atoms with van der Waals surface area (Å²) in [6.45, 7) is 1.31. The number of aromatic nitrogens is 1. The molecule has 0 aliphatic heterocycles. The van der Waals surface area contributed by atoms with E-state index in [2.05, 4.69) is 19.2 Å². The lowest BCUT2D eigenvalue weighted by atomic mass is 10.3. The molecular formula is C10H12N2O5. The van der Waals surface area contributed by atoms with E-state index < -0.39 is 18.9 Å². The minimum Gasteiger partial charge on any atom is -0.435 e. The fourth-order valence-corrected chi connectivity index (χ4v) is 0.900. The Morgan fingerprint density at radius 2 is 2.06 bits per heavy atom. The van der Waals surface area contributed by atoms with Gasteiger partial charge in [-0.05, 0) is 19.1 Å². The molecule has 0 saturated carbocycles. The lowest BCUT2D eigenvalue weighted by Gasteiger charge is -2.05. The second kappa shape index (κ2) is 6.31. The Hall–Kier alpha value is -2.31. The molecule has 1 rings (SSSR count). The van der Waals surface area contributed by atoms with Crippen LogP contribution in [0.1, 0.15) is 17.3 Å². The van der Waals surface area contributed by atoms with Crippen LogP contribution in [0.2, 0.25) is 0 Å². The number of carbonyl (C=O) groups excluding carboxylic acids is 2. The maximum Gasteiger partial charge on any atom is 0.511 e. The summed E-state index contributed by atoms with van der Waals surface area (Å²) in [4.78, 5) is 25.8. The molecule has 2 N–H and O–H groups in total. The first kappa shape index (κ1) is 12.8. The molecule has 0 aromatic carbocycles. The number of esters is 1. The van der Waals surface area contributed by atoms with Gasteiger partial charge >= 0.3 is 12.1 Å². The first-order valence-electron chi connectivity index (χ1n) is 4.81. The first-order chi connectivity index (χ1) is 8.13. The lowest BCUT2D eigenvalue weighted by Crippen LogP contribution is -2.14. The van der Waals surface area contributed by atoms with Crippen molar-refractivity contribution in [1.29, 1.82) is 0 Å². The summed E-state index contributed by atoms with van der Waals surface area (Å²) in [6.07, 6.45) is 0.373. The molecule has 92 valence electrons. The molecule has 7 nitrogen and oxygen atoms in total. The van der Waals surface area contributed by atoms with Gasteiger partial charge in [-0.1, -0.05) is 0 Å². The number of hydrogen-bond donors (Lipinski definition) is 1. The standard InChI is InChI=1S/C10H12N2O5/c1-2-15-10(14)17-6-16-9(13)7-3-4-8(11)12-5-7/h3-5H,2,6H2,1H3,(H2,11,12). The Kier molecular flexibility index (Phi) is 4.74. The van der Waals surface area contributed by atoms with Crippen molar-refractivity contribution in [2.75, 3.05) is 19.1 Å². The first-order valence-corrected chi connectivity index (χ1v) is 4.81. The van der Waals surface area contributed by atoms with Gasteiger partial charge < -0.3 is 19.9 Å². The van der Waals surface area contributed by atoms with Gasteiger partial charge in [0, 0.05) is 6.20 Å².